The Morgan fingerprint density at radius 2 is 2.20 bits per heavy atom. The van der Waals surface area contributed by atoms with Crippen molar-refractivity contribution in [1.82, 2.24) is 10.3 Å². The Morgan fingerprint density at radius 3 is 2.70 bits per heavy atom. The average Bonchev–Trinajstić information content (AvgIpc) is 2.36. The van der Waals surface area contributed by atoms with Gasteiger partial charge in [-0.3, -0.25) is 19.9 Å². The fourth-order valence-corrected chi connectivity index (χ4v) is 1.67. The number of nitrogens with zero attached hydrogens (tertiary/aromatic N) is 2. The van der Waals surface area contributed by atoms with E-state index in [1.807, 2.05) is 0 Å². The van der Waals surface area contributed by atoms with Crippen molar-refractivity contribution >= 4 is 11.6 Å². The van der Waals surface area contributed by atoms with Crippen LogP contribution in [0.4, 0.5) is 5.69 Å². The molecular weight excluding hydrogens is 266 g/mol. The molecule has 0 bridgehead atoms. The summed E-state index contributed by atoms with van der Waals surface area (Å²) in [5, 5.41) is 32.8. The molecule has 1 amide bonds. The van der Waals surface area contributed by atoms with Gasteiger partial charge in [0.15, 0.2) is 0 Å². The van der Waals surface area contributed by atoms with E-state index in [9.17, 15) is 25.1 Å². The van der Waals surface area contributed by atoms with Gasteiger partial charge in [-0.15, -0.1) is 0 Å². The number of nitro groups is 1. The molecule has 1 rings (SSSR count). The molecule has 0 spiro atoms. The molecule has 1 heterocycles. The molecule has 0 fully saturated rings. The number of aliphatic hydroxyl groups excluding tert-OH is 2. The van der Waals surface area contributed by atoms with Gasteiger partial charge in [0, 0.05) is 19.0 Å². The number of amides is 1. The number of aryl methyl sites for hydroxylation is 1. The SMILES string of the molecule is CC(=O)NCCC(O)C(O)c1cc(C)c([N+](=O)[O-])cn1. The zero-order chi connectivity index (χ0) is 15.3. The molecule has 1 aromatic rings. The maximum Gasteiger partial charge on any atom is 0.290 e. The first-order valence-electron chi connectivity index (χ1n) is 6.04. The quantitative estimate of drug-likeness (QED) is 0.506. The van der Waals surface area contributed by atoms with E-state index in [2.05, 4.69) is 10.3 Å². The van der Waals surface area contributed by atoms with Crippen molar-refractivity contribution in [1.29, 1.82) is 0 Å². The number of aromatic nitrogens is 1. The molecule has 0 aliphatic rings. The van der Waals surface area contributed by atoms with Gasteiger partial charge >= 0.3 is 0 Å². The summed E-state index contributed by atoms with van der Waals surface area (Å²) in [5.41, 5.74) is 0.366. The summed E-state index contributed by atoms with van der Waals surface area (Å²) in [6.07, 6.45) is -1.18. The molecule has 2 atom stereocenters. The zero-order valence-electron chi connectivity index (χ0n) is 11.2. The molecule has 110 valence electrons. The van der Waals surface area contributed by atoms with Crippen LogP contribution in [0, 0.1) is 17.0 Å². The fourth-order valence-electron chi connectivity index (χ4n) is 1.67. The van der Waals surface area contributed by atoms with E-state index in [0.717, 1.165) is 6.20 Å². The van der Waals surface area contributed by atoms with Crippen LogP contribution in [0.15, 0.2) is 12.3 Å². The summed E-state index contributed by atoms with van der Waals surface area (Å²) in [6, 6.07) is 1.37. The number of carbonyl (C=O) groups is 1. The van der Waals surface area contributed by atoms with E-state index in [1.54, 1.807) is 0 Å². The molecule has 0 radical (unpaired) electrons. The van der Waals surface area contributed by atoms with Crippen LogP contribution >= 0.6 is 0 Å². The van der Waals surface area contributed by atoms with Crippen molar-refractivity contribution in [2.24, 2.45) is 0 Å². The number of nitrogens with one attached hydrogen (secondary N) is 1. The third kappa shape index (κ3) is 4.25. The van der Waals surface area contributed by atoms with Crippen LogP contribution < -0.4 is 5.32 Å². The van der Waals surface area contributed by atoms with Gasteiger partial charge in [0.25, 0.3) is 5.69 Å². The Morgan fingerprint density at radius 1 is 1.55 bits per heavy atom. The first-order chi connectivity index (χ1) is 9.32. The zero-order valence-corrected chi connectivity index (χ0v) is 11.2. The molecule has 2 unspecified atom stereocenters. The molecule has 0 aromatic carbocycles. The normalized spacial score (nSPS) is 13.6. The number of hydrogen-bond acceptors (Lipinski definition) is 6. The lowest BCUT2D eigenvalue weighted by Crippen LogP contribution is -2.28. The van der Waals surface area contributed by atoms with Gasteiger partial charge in [-0.1, -0.05) is 0 Å². The summed E-state index contributed by atoms with van der Waals surface area (Å²) in [6.45, 7) is 3.10. The minimum Gasteiger partial charge on any atom is -0.390 e. The predicted molar refractivity (Wildman–Crippen MR) is 69.9 cm³/mol. The van der Waals surface area contributed by atoms with Gasteiger partial charge in [-0.2, -0.15) is 0 Å². The highest BCUT2D eigenvalue weighted by molar-refractivity contribution is 5.72. The highest BCUT2D eigenvalue weighted by Crippen LogP contribution is 2.22. The summed E-state index contributed by atoms with van der Waals surface area (Å²) < 4.78 is 0. The number of pyridine rings is 1. The largest absolute Gasteiger partial charge is 0.390 e. The van der Waals surface area contributed by atoms with E-state index >= 15 is 0 Å². The summed E-state index contributed by atoms with van der Waals surface area (Å²) in [4.78, 5) is 24.6. The van der Waals surface area contributed by atoms with Crippen LogP contribution in [0.3, 0.4) is 0 Å². The van der Waals surface area contributed by atoms with Crippen molar-refractivity contribution in [3.63, 3.8) is 0 Å². The van der Waals surface area contributed by atoms with Crippen LogP contribution in [0.2, 0.25) is 0 Å². The van der Waals surface area contributed by atoms with Crippen molar-refractivity contribution in [2.75, 3.05) is 6.54 Å². The third-order valence-electron chi connectivity index (χ3n) is 2.78. The first-order valence-corrected chi connectivity index (χ1v) is 6.04. The highest BCUT2D eigenvalue weighted by atomic mass is 16.6. The smallest absolute Gasteiger partial charge is 0.290 e. The Hall–Kier alpha value is -2.06. The lowest BCUT2D eigenvalue weighted by molar-refractivity contribution is -0.385. The molecule has 1 aromatic heterocycles. The molecular formula is C12H17N3O5. The van der Waals surface area contributed by atoms with Crippen LogP contribution in [0.25, 0.3) is 0 Å². The monoisotopic (exact) mass is 283 g/mol. The van der Waals surface area contributed by atoms with E-state index in [0.29, 0.717) is 5.56 Å². The number of rotatable bonds is 6. The topological polar surface area (TPSA) is 126 Å². The predicted octanol–water partition coefficient (Wildman–Crippen LogP) is 0.219. The maximum atomic E-state index is 10.7. The molecule has 0 saturated heterocycles. The third-order valence-corrected chi connectivity index (χ3v) is 2.78. The minimum absolute atomic E-state index is 0.145. The van der Waals surface area contributed by atoms with Crippen LogP contribution in [-0.4, -0.2) is 38.7 Å². The molecule has 0 aliphatic carbocycles. The Bertz CT molecular complexity index is 506. The Kier molecular flexibility index (Phi) is 5.53. The second-order valence-electron chi connectivity index (χ2n) is 4.44. The first kappa shape index (κ1) is 16.0. The Labute approximate surface area is 115 Å². The van der Waals surface area contributed by atoms with Crippen molar-refractivity contribution in [2.45, 2.75) is 32.5 Å². The van der Waals surface area contributed by atoms with Gasteiger partial charge in [-0.25, -0.2) is 0 Å². The lowest BCUT2D eigenvalue weighted by atomic mass is 10.1. The van der Waals surface area contributed by atoms with E-state index < -0.39 is 17.1 Å². The maximum absolute atomic E-state index is 10.7. The van der Waals surface area contributed by atoms with Gasteiger partial charge in [-0.05, 0) is 19.4 Å². The molecule has 0 aliphatic heterocycles. The van der Waals surface area contributed by atoms with E-state index in [-0.39, 0.29) is 30.3 Å². The van der Waals surface area contributed by atoms with E-state index in [4.69, 9.17) is 0 Å². The number of hydrogen-bond donors (Lipinski definition) is 3. The van der Waals surface area contributed by atoms with Crippen molar-refractivity contribution < 1.29 is 19.9 Å². The summed E-state index contributed by atoms with van der Waals surface area (Å²) >= 11 is 0. The standard InChI is InChI=1S/C12H17N3O5/c1-7-5-9(14-6-10(7)15(19)20)12(18)11(17)3-4-13-8(2)16/h5-6,11-12,17-18H,3-4H2,1-2H3,(H,13,16). The lowest BCUT2D eigenvalue weighted by Gasteiger charge is -2.17. The van der Waals surface area contributed by atoms with Gasteiger partial charge < -0.3 is 15.5 Å². The van der Waals surface area contributed by atoms with Crippen molar-refractivity contribution in [3.05, 3.63) is 33.6 Å². The van der Waals surface area contributed by atoms with E-state index in [1.165, 1.54) is 19.9 Å². The van der Waals surface area contributed by atoms with Crippen LogP contribution in [0.5, 0.6) is 0 Å². The molecule has 20 heavy (non-hydrogen) atoms. The molecule has 3 N–H and O–H groups in total. The fraction of sp³-hybridized carbons (Fsp3) is 0.500. The second-order valence-corrected chi connectivity index (χ2v) is 4.44. The molecule has 8 nitrogen and oxygen atoms in total. The van der Waals surface area contributed by atoms with Crippen molar-refractivity contribution in [3.8, 4) is 0 Å². The highest BCUT2D eigenvalue weighted by Gasteiger charge is 2.22. The average molecular weight is 283 g/mol. The summed E-state index contributed by atoms with van der Waals surface area (Å²) in [7, 11) is 0. The van der Waals surface area contributed by atoms with Gasteiger partial charge in [0.2, 0.25) is 5.91 Å². The molecule has 0 saturated carbocycles. The van der Waals surface area contributed by atoms with Gasteiger partial charge in [0.1, 0.15) is 12.3 Å². The Balaban J connectivity index is 2.71. The number of aliphatic hydroxyl groups is 2. The second kappa shape index (κ2) is 6.92. The van der Waals surface area contributed by atoms with Crippen LogP contribution in [-0.2, 0) is 4.79 Å². The van der Waals surface area contributed by atoms with Gasteiger partial charge in [0.05, 0.1) is 16.7 Å². The molecule has 8 heteroatoms. The number of carbonyl (C=O) groups excluding carboxylic acids is 1. The van der Waals surface area contributed by atoms with Crippen LogP contribution in [0.1, 0.15) is 30.7 Å². The minimum atomic E-state index is -1.26. The summed E-state index contributed by atoms with van der Waals surface area (Å²) in [5.74, 6) is -0.226.